The molecule has 3 aromatic heterocycles. The fourth-order valence-electron chi connectivity index (χ4n) is 5.31. The molecule has 10 heteroatoms. The summed E-state index contributed by atoms with van der Waals surface area (Å²) in [4.78, 5) is 29.6. The Labute approximate surface area is 215 Å². The van der Waals surface area contributed by atoms with Crippen LogP contribution in [0.3, 0.4) is 0 Å². The number of benzene rings is 1. The van der Waals surface area contributed by atoms with E-state index in [1.165, 1.54) is 5.56 Å². The molecule has 0 spiro atoms. The van der Waals surface area contributed by atoms with Gasteiger partial charge in [-0.3, -0.25) is 9.69 Å². The number of rotatable bonds is 6. The lowest BCUT2D eigenvalue weighted by molar-refractivity contribution is -0.123. The molecular weight excluding hydrogens is 468 g/mol. The predicted octanol–water partition coefficient (Wildman–Crippen LogP) is 2.65. The van der Waals surface area contributed by atoms with Crippen LogP contribution in [0.5, 0.6) is 0 Å². The maximum atomic E-state index is 11.7. The number of aromatic amines is 1. The summed E-state index contributed by atoms with van der Waals surface area (Å²) >= 11 is 0. The third-order valence-electron chi connectivity index (χ3n) is 7.25. The Morgan fingerprint density at radius 3 is 2.84 bits per heavy atom. The largest absolute Gasteiger partial charge is 0.378 e. The zero-order valence-electron chi connectivity index (χ0n) is 21.1. The quantitative estimate of drug-likeness (QED) is 0.418. The molecule has 2 fully saturated rings. The van der Waals surface area contributed by atoms with Gasteiger partial charge in [-0.25, -0.2) is 14.6 Å². The molecule has 1 amide bonds. The number of aromatic nitrogens is 5. The fourth-order valence-corrected chi connectivity index (χ4v) is 5.31. The van der Waals surface area contributed by atoms with Crippen molar-refractivity contribution < 1.29 is 9.53 Å². The number of nitrogens with two attached hydrogens (primary N) is 1. The molecule has 1 unspecified atom stereocenters. The lowest BCUT2D eigenvalue weighted by atomic mass is 9.97. The van der Waals surface area contributed by atoms with E-state index >= 15 is 0 Å². The first-order valence-corrected chi connectivity index (χ1v) is 12.9. The number of likely N-dealkylation sites (tertiary alicyclic amines) is 1. The Bertz CT molecular complexity index is 1420. The molecule has 2 aliphatic rings. The number of fused-ring (bicyclic) bond motifs is 1. The average Bonchev–Trinajstić information content (AvgIpc) is 3.56. The summed E-state index contributed by atoms with van der Waals surface area (Å²) in [6.45, 7) is 7.25. The SMILES string of the molecule is Cc1cccc(-c2ccn(-c3cc(N4CCOCC4)c4[nH]c(CN5CCCC(C(N)=O)C5)nc4n3)n2)c1. The van der Waals surface area contributed by atoms with Crippen LogP contribution in [-0.4, -0.2) is 74.9 Å². The van der Waals surface area contributed by atoms with Crippen molar-refractivity contribution in [1.82, 2.24) is 29.6 Å². The molecule has 2 aliphatic heterocycles. The molecule has 0 aliphatic carbocycles. The second-order valence-electron chi connectivity index (χ2n) is 9.97. The van der Waals surface area contributed by atoms with Gasteiger partial charge in [0, 0.05) is 37.5 Å². The Kier molecular flexibility index (Phi) is 6.35. The van der Waals surface area contributed by atoms with E-state index in [-0.39, 0.29) is 11.8 Å². The third-order valence-corrected chi connectivity index (χ3v) is 7.25. The minimum absolute atomic E-state index is 0.103. The predicted molar refractivity (Wildman–Crippen MR) is 141 cm³/mol. The van der Waals surface area contributed by atoms with Gasteiger partial charge in [-0.15, -0.1) is 0 Å². The van der Waals surface area contributed by atoms with Gasteiger partial charge in [0.15, 0.2) is 11.5 Å². The van der Waals surface area contributed by atoms with Crippen molar-refractivity contribution in [3.63, 3.8) is 0 Å². The monoisotopic (exact) mass is 500 g/mol. The molecule has 3 N–H and O–H groups in total. The Morgan fingerprint density at radius 2 is 2.03 bits per heavy atom. The lowest BCUT2D eigenvalue weighted by Gasteiger charge is -2.30. The van der Waals surface area contributed by atoms with Gasteiger partial charge in [0.05, 0.1) is 37.1 Å². The van der Waals surface area contributed by atoms with Crippen LogP contribution in [0.15, 0.2) is 42.6 Å². The van der Waals surface area contributed by atoms with Crippen molar-refractivity contribution in [2.24, 2.45) is 11.7 Å². The van der Waals surface area contributed by atoms with Crippen molar-refractivity contribution in [2.75, 3.05) is 44.3 Å². The Morgan fingerprint density at radius 1 is 1.16 bits per heavy atom. The zero-order valence-corrected chi connectivity index (χ0v) is 21.1. The number of morpholine rings is 1. The number of primary amides is 1. The normalized spacial score (nSPS) is 18.9. The van der Waals surface area contributed by atoms with E-state index in [0.717, 1.165) is 66.6 Å². The molecule has 6 rings (SSSR count). The first-order chi connectivity index (χ1) is 18.0. The fraction of sp³-hybridized carbons (Fsp3) is 0.407. The smallest absolute Gasteiger partial charge is 0.221 e. The first-order valence-electron chi connectivity index (χ1n) is 12.9. The summed E-state index contributed by atoms with van der Waals surface area (Å²) in [5.41, 5.74) is 11.4. The number of hydrogen-bond acceptors (Lipinski definition) is 7. The third kappa shape index (κ3) is 4.94. The van der Waals surface area contributed by atoms with Gasteiger partial charge in [0.25, 0.3) is 0 Å². The van der Waals surface area contributed by atoms with Crippen molar-refractivity contribution in [3.8, 4) is 17.1 Å². The maximum Gasteiger partial charge on any atom is 0.221 e. The van der Waals surface area contributed by atoms with E-state index in [1.54, 1.807) is 0 Å². The Balaban J connectivity index is 1.35. The van der Waals surface area contributed by atoms with E-state index in [2.05, 4.69) is 46.0 Å². The number of pyridine rings is 1. The average molecular weight is 501 g/mol. The molecule has 0 radical (unpaired) electrons. The number of amides is 1. The van der Waals surface area contributed by atoms with Gasteiger partial charge in [-0.1, -0.05) is 23.8 Å². The molecule has 0 saturated carbocycles. The Hall–Kier alpha value is -3.76. The number of ether oxygens (including phenoxy) is 1. The number of imidazole rings is 1. The van der Waals surface area contributed by atoms with Crippen LogP contribution in [0.2, 0.25) is 0 Å². The van der Waals surface area contributed by atoms with E-state index < -0.39 is 0 Å². The molecular formula is C27H32N8O2. The summed E-state index contributed by atoms with van der Waals surface area (Å²) in [6.07, 6.45) is 3.75. The summed E-state index contributed by atoms with van der Waals surface area (Å²) in [5, 5.41) is 4.83. The summed E-state index contributed by atoms with van der Waals surface area (Å²) in [5.74, 6) is 1.23. The highest BCUT2D eigenvalue weighted by Gasteiger charge is 2.25. The highest BCUT2D eigenvalue weighted by atomic mass is 16.5. The number of nitrogens with one attached hydrogen (secondary N) is 1. The minimum Gasteiger partial charge on any atom is -0.378 e. The van der Waals surface area contributed by atoms with Gasteiger partial charge in [-0.2, -0.15) is 5.10 Å². The van der Waals surface area contributed by atoms with E-state index in [1.807, 2.05) is 23.0 Å². The van der Waals surface area contributed by atoms with Gasteiger partial charge in [-0.05, 0) is 38.4 Å². The van der Waals surface area contributed by atoms with Crippen LogP contribution < -0.4 is 10.6 Å². The lowest BCUT2D eigenvalue weighted by Crippen LogP contribution is -2.40. The second kappa shape index (κ2) is 9.95. The van der Waals surface area contributed by atoms with Crippen LogP contribution in [0.1, 0.15) is 24.2 Å². The summed E-state index contributed by atoms with van der Waals surface area (Å²) < 4.78 is 7.42. The van der Waals surface area contributed by atoms with Crippen molar-refractivity contribution in [2.45, 2.75) is 26.3 Å². The number of carbonyl (C=O) groups excluding carboxylic acids is 1. The molecule has 1 atom stereocenters. The number of piperidine rings is 1. The van der Waals surface area contributed by atoms with Gasteiger partial charge in [0.1, 0.15) is 11.3 Å². The van der Waals surface area contributed by atoms with Crippen molar-refractivity contribution >= 4 is 22.8 Å². The maximum absolute atomic E-state index is 11.7. The summed E-state index contributed by atoms with van der Waals surface area (Å²) in [7, 11) is 0. The van der Waals surface area contributed by atoms with Crippen LogP contribution in [0.4, 0.5) is 5.69 Å². The number of H-pyrrole nitrogens is 1. The molecule has 0 bridgehead atoms. The van der Waals surface area contributed by atoms with Gasteiger partial charge in [0.2, 0.25) is 5.91 Å². The highest BCUT2D eigenvalue weighted by Crippen LogP contribution is 2.29. The highest BCUT2D eigenvalue weighted by molar-refractivity contribution is 5.87. The number of aryl methyl sites for hydroxylation is 1. The molecule has 5 heterocycles. The van der Waals surface area contributed by atoms with Gasteiger partial charge >= 0.3 is 0 Å². The number of nitrogens with zero attached hydrogens (tertiary/aromatic N) is 6. The molecule has 2 saturated heterocycles. The number of anilines is 1. The molecule has 192 valence electrons. The van der Waals surface area contributed by atoms with Gasteiger partial charge < -0.3 is 20.4 Å². The van der Waals surface area contributed by atoms with Crippen molar-refractivity contribution in [3.05, 3.63) is 54.0 Å². The molecule has 10 nitrogen and oxygen atoms in total. The van der Waals surface area contributed by atoms with Crippen molar-refractivity contribution in [1.29, 1.82) is 0 Å². The van der Waals surface area contributed by atoms with E-state index in [4.69, 9.17) is 25.5 Å². The summed E-state index contributed by atoms with van der Waals surface area (Å²) in [6, 6.07) is 12.4. The second-order valence-corrected chi connectivity index (χ2v) is 9.97. The van der Waals surface area contributed by atoms with Crippen LogP contribution >= 0.6 is 0 Å². The zero-order chi connectivity index (χ0) is 25.4. The standard InChI is InChI=1S/C27H32N8O2/c1-18-4-2-5-19(14-18)21-7-9-35(32-21)24-15-22(34-10-12-37-13-11-34)25-27(31-24)30-23(29-25)17-33-8-3-6-20(16-33)26(28)36/h2,4-5,7,9,14-15,20H,3,6,8,10-13,16-17H2,1H3,(H2,28,36)(H,29,30,31). The minimum atomic E-state index is -0.223. The molecule has 4 aromatic rings. The number of carbonyl (C=O) groups is 1. The van der Waals surface area contributed by atoms with E-state index in [9.17, 15) is 4.79 Å². The van der Waals surface area contributed by atoms with Crippen LogP contribution in [0, 0.1) is 12.8 Å². The first kappa shape index (κ1) is 23.6. The van der Waals surface area contributed by atoms with Crippen LogP contribution in [-0.2, 0) is 16.1 Å². The molecule has 1 aromatic carbocycles. The van der Waals surface area contributed by atoms with Crippen LogP contribution in [0.25, 0.3) is 28.2 Å². The molecule has 37 heavy (non-hydrogen) atoms. The van der Waals surface area contributed by atoms with E-state index in [0.29, 0.717) is 32.0 Å². The number of hydrogen-bond donors (Lipinski definition) is 2. The topological polar surface area (TPSA) is 118 Å².